The number of nitrogens with zero attached hydrogens (tertiary/aromatic N) is 3. The summed E-state index contributed by atoms with van der Waals surface area (Å²) in [4.78, 5) is 20.5. The Kier molecular flexibility index (Phi) is 3.75. The quantitative estimate of drug-likeness (QED) is 0.725. The van der Waals surface area contributed by atoms with E-state index in [9.17, 15) is 13.2 Å². The third-order valence-corrected chi connectivity index (χ3v) is 5.54. The summed E-state index contributed by atoms with van der Waals surface area (Å²) >= 11 is 4.47. The minimum atomic E-state index is -4.08. The highest BCUT2D eigenvalue weighted by Crippen LogP contribution is 2.17. The first kappa shape index (κ1) is 15.1. The van der Waals surface area contributed by atoms with Gasteiger partial charge in [-0.05, 0) is 35.0 Å². The number of aromatic nitrogens is 3. The van der Waals surface area contributed by atoms with Crippen molar-refractivity contribution < 1.29 is 8.42 Å². The average molecular weight is 401 g/mol. The van der Waals surface area contributed by atoms with Crippen LogP contribution in [-0.2, 0) is 10.0 Å². The van der Waals surface area contributed by atoms with Crippen molar-refractivity contribution >= 4 is 48.1 Å². The summed E-state index contributed by atoms with van der Waals surface area (Å²) in [7, 11) is -4.08. The maximum atomic E-state index is 12.5. The second kappa shape index (κ2) is 5.45. The van der Waals surface area contributed by atoms with E-state index < -0.39 is 15.6 Å². The molecule has 3 aromatic heterocycles. The molecule has 0 aromatic carbocycles. The van der Waals surface area contributed by atoms with Crippen molar-refractivity contribution in [3.63, 3.8) is 0 Å². The summed E-state index contributed by atoms with van der Waals surface area (Å²) in [5.41, 5.74) is -0.481. The average Bonchev–Trinajstić information content (AvgIpc) is 2.89. The highest BCUT2D eigenvalue weighted by Gasteiger charge is 2.24. The Bertz CT molecular complexity index is 1010. The Hall–Kier alpha value is -1.78. The van der Waals surface area contributed by atoms with Crippen molar-refractivity contribution in [2.45, 2.75) is 11.8 Å². The third kappa shape index (κ3) is 2.64. The molecule has 3 heterocycles. The number of thiazole rings is 1. The molecule has 0 fully saturated rings. The predicted octanol–water partition coefficient (Wildman–Crippen LogP) is 2.02. The molecule has 22 heavy (non-hydrogen) atoms. The fraction of sp³-hybridized carbons (Fsp3) is 0.0833. The van der Waals surface area contributed by atoms with Crippen LogP contribution in [0.15, 0.2) is 44.1 Å². The Morgan fingerprint density at radius 2 is 2.14 bits per heavy atom. The van der Waals surface area contributed by atoms with Gasteiger partial charge in [-0.25, -0.2) is 18.4 Å². The molecule has 3 rings (SSSR count). The maximum absolute atomic E-state index is 12.5. The van der Waals surface area contributed by atoms with Crippen molar-refractivity contribution in [2.75, 3.05) is 4.72 Å². The van der Waals surface area contributed by atoms with Gasteiger partial charge in [0.25, 0.3) is 15.6 Å². The molecule has 0 unspecified atom stereocenters. The molecule has 0 spiro atoms. The van der Waals surface area contributed by atoms with Gasteiger partial charge in [-0.2, -0.15) is 0 Å². The van der Waals surface area contributed by atoms with E-state index in [0.29, 0.717) is 9.43 Å². The lowest BCUT2D eigenvalue weighted by atomic mass is 10.4. The molecule has 0 aliphatic heterocycles. The first-order chi connectivity index (χ1) is 10.4. The summed E-state index contributed by atoms with van der Waals surface area (Å²) in [5.74, 6) is 0.123. The summed E-state index contributed by atoms with van der Waals surface area (Å²) < 4.78 is 29.2. The molecule has 0 aliphatic carbocycles. The van der Waals surface area contributed by atoms with E-state index in [1.807, 2.05) is 0 Å². The van der Waals surface area contributed by atoms with Crippen LogP contribution >= 0.6 is 27.3 Å². The zero-order valence-electron chi connectivity index (χ0n) is 11.1. The first-order valence-electron chi connectivity index (χ1n) is 5.99. The summed E-state index contributed by atoms with van der Waals surface area (Å²) in [5, 5.41) is 1.67. The van der Waals surface area contributed by atoms with E-state index >= 15 is 0 Å². The fourth-order valence-corrected chi connectivity index (χ4v) is 4.15. The van der Waals surface area contributed by atoms with Gasteiger partial charge in [0.1, 0.15) is 5.82 Å². The van der Waals surface area contributed by atoms with Gasteiger partial charge >= 0.3 is 0 Å². The van der Waals surface area contributed by atoms with Crippen molar-refractivity contribution in [2.24, 2.45) is 0 Å². The zero-order chi connectivity index (χ0) is 15.9. The number of halogens is 1. The number of rotatable bonds is 3. The molecular weight excluding hydrogens is 392 g/mol. The molecule has 0 saturated carbocycles. The number of hydrogen-bond donors (Lipinski definition) is 1. The van der Waals surface area contributed by atoms with Crippen LogP contribution < -0.4 is 10.3 Å². The molecule has 0 amide bonds. The second-order valence-electron chi connectivity index (χ2n) is 4.35. The molecule has 1 N–H and O–H groups in total. The van der Waals surface area contributed by atoms with Crippen LogP contribution in [0.25, 0.3) is 4.96 Å². The van der Waals surface area contributed by atoms with Gasteiger partial charge in [0.2, 0.25) is 0 Å². The third-order valence-electron chi connectivity index (χ3n) is 2.83. The lowest BCUT2D eigenvalue weighted by Gasteiger charge is -2.09. The number of hydrogen-bond acceptors (Lipinski definition) is 6. The number of nitrogens with one attached hydrogen (secondary N) is 1. The van der Waals surface area contributed by atoms with E-state index in [0.717, 1.165) is 0 Å². The Balaban J connectivity index is 2.12. The molecule has 7 nitrogen and oxygen atoms in total. The van der Waals surface area contributed by atoms with Crippen molar-refractivity contribution in [1.82, 2.24) is 14.4 Å². The van der Waals surface area contributed by atoms with E-state index in [1.165, 1.54) is 41.1 Å². The Morgan fingerprint density at radius 1 is 1.36 bits per heavy atom. The van der Waals surface area contributed by atoms with Crippen LogP contribution in [0.1, 0.15) is 5.69 Å². The number of anilines is 1. The van der Waals surface area contributed by atoms with E-state index in [4.69, 9.17) is 0 Å². The molecule has 10 heteroatoms. The van der Waals surface area contributed by atoms with E-state index in [2.05, 4.69) is 30.6 Å². The first-order valence-corrected chi connectivity index (χ1v) is 9.15. The summed E-state index contributed by atoms with van der Waals surface area (Å²) in [6, 6.07) is 3.13. The number of pyridine rings is 1. The Morgan fingerprint density at radius 3 is 2.82 bits per heavy atom. The molecule has 0 bridgehead atoms. The van der Waals surface area contributed by atoms with E-state index in [-0.39, 0.29) is 16.4 Å². The van der Waals surface area contributed by atoms with Crippen LogP contribution in [0.4, 0.5) is 5.82 Å². The van der Waals surface area contributed by atoms with Gasteiger partial charge < -0.3 is 0 Å². The smallest absolute Gasteiger partial charge is 0.267 e. The highest BCUT2D eigenvalue weighted by molar-refractivity contribution is 9.10. The molecule has 114 valence electrons. The predicted molar refractivity (Wildman–Crippen MR) is 86.8 cm³/mol. The van der Waals surface area contributed by atoms with Crippen molar-refractivity contribution in [3.05, 3.63) is 50.4 Å². The molecule has 0 radical (unpaired) electrons. The molecule has 0 atom stereocenters. The van der Waals surface area contributed by atoms with Crippen LogP contribution in [0.5, 0.6) is 0 Å². The lowest BCUT2D eigenvalue weighted by Crippen LogP contribution is -2.27. The normalized spacial score (nSPS) is 11.7. The summed E-state index contributed by atoms with van der Waals surface area (Å²) in [6.45, 7) is 1.49. The zero-order valence-corrected chi connectivity index (χ0v) is 14.4. The maximum Gasteiger partial charge on any atom is 0.279 e. The van der Waals surface area contributed by atoms with Gasteiger partial charge in [-0.15, -0.1) is 11.3 Å². The van der Waals surface area contributed by atoms with Crippen LogP contribution in [0.2, 0.25) is 0 Å². The van der Waals surface area contributed by atoms with Crippen molar-refractivity contribution in [1.29, 1.82) is 0 Å². The minimum absolute atomic E-state index is 0.123. The van der Waals surface area contributed by atoms with Crippen LogP contribution in [0.3, 0.4) is 0 Å². The Labute approximate surface area is 137 Å². The number of fused-ring (bicyclic) bond motifs is 1. The largest absolute Gasteiger partial charge is 0.279 e. The van der Waals surface area contributed by atoms with Gasteiger partial charge in [-0.1, -0.05) is 0 Å². The van der Waals surface area contributed by atoms with Gasteiger partial charge in [0, 0.05) is 22.2 Å². The summed E-state index contributed by atoms with van der Waals surface area (Å²) in [6.07, 6.45) is 2.95. The lowest BCUT2D eigenvalue weighted by molar-refractivity contribution is 0.598. The standard InChI is InChI=1S/C12H9BrN4O3S2/c1-7-10(11(18)17-4-5-21-12(17)15-7)22(19,20)16-9-3-2-8(13)6-14-9/h2-6H,1H3,(H,14,16). The van der Waals surface area contributed by atoms with Gasteiger partial charge in [0.05, 0.1) is 5.69 Å². The molecule has 0 aliphatic rings. The molecular formula is C12H9BrN4O3S2. The molecule has 0 saturated heterocycles. The number of sulfonamides is 1. The second-order valence-corrected chi connectivity index (χ2v) is 7.76. The minimum Gasteiger partial charge on any atom is -0.267 e. The SMILES string of the molecule is Cc1nc2sccn2c(=O)c1S(=O)(=O)Nc1ccc(Br)cn1. The topological polar surface area (TPSA) is 93.4 Å². The van der Waals surface area contributed by atoms with Crippen LogP contribution in [-0.4, -0.2) is 22.8 Å². The number of aryl methyl sites for hydroxylation is 1. The van der Waals surface area contributed by atoms with Crippen molar-refractivity contribution in [3.8, 4) is 0 Å². The fourth-order valence-electron chi connectivity index (χ4n) is 1.90. The molecule has 3 aromatic rings. The monoisotopic (exact) mass is 400 g/mol. The van der Waals surface area contributed by atoms with Gasteiger partial charge in [0.15, 0.2) is 9.86 Å². The highest BCUT2D eigenvalue weighted by atomic mass is 79.9. The van der Waals surface area contributed by atoms with E-state index in [1.54, 1.807) is 11.4 Å². The van der Waals surface area contributed by atoms with Gasteiger partial charge in [-0.3, -0.25) is 13.9 Å². The van der Waals surface area contributed by atoms with Crippen LogP contribution in [0, 0.1) is 6.92 Å².